The molecule has 1 aliphatic heterocycles. The molecule has 0 amide bonds. The van der Waals surface area contributed by atoms with Gasteiger partial charge in [-0.3, -0.25) is 0 Å². The van der Waals surface area contributed by atoms with Crippen molar-refractivity contribution < 1.29 is 4.74 Å². The highest BCUT2D eigenvalue weighted by Crippen LogP contribution is 2.07. The van der Waals surface area contributed by atoms with Crippen molar-refractivity contribution in [2.24, 2.45) is 0 Å². The van der Waals surface area contributed by atoms with E-state index in [9.17, 15) is 0 Å². The van der Waals surface area contributed by atoms with E-state index in [0.29, 0.717) is 12.6 Å². The molecule has 0 bridgehead atoms. The van der Waals surface area contributed by atoms with Gasteiger partial charge in [-0.05, 0) is 13.0 Å². The summed E-state index contributed by atoms with van der Waals surface area (Å²) >= 11 is 0. The van der Waals surface area contributed by atoms with Crippen LogP contribution in [0.2, 0.25) is 0 Å². The van der Waals surface area contributed by atoms with Crippen molar-refractivity contribution in [2.45, 2.75) is 12.5 Å². The minimum Gasteiger partial charge on any atom is -0.489 e. The second kappa shape index (κ2) is 3.49. The number of hydrogen-bond acceptors (Lipinski definition) is 4. The minimum atomic E-state index is 0.519. The molecule has 0 unspecified atom stereocenters. The smallest absolute Gasteiger partial charge is 0.155 e. The molecular weight excluding hydrogens is 154 g/mol. The standard InChI is InChI=1S/C8H11N3O/c1-2-11-7(1)5-12-8-3-9-6-10-4-8/h3-4,6-7,11H,1-2,5H2/t7-/m0/s1. The first-order valence-corrected chi connectivity index (χ1v) is 4.06. The zero-order chi connectivity index (χ0) is 8.23. The third-order valence-corrected chi connectivity index (χ3v) is 1.91. The highest BCUT2D eigenvalue weighted by Gasteiger charge is 2.16. The maximum Gasteiger partial charge on any atom is 0.155 e. The molecule has 0 aliphatic carbocycles. The van der Waals surface area contributed by atoms with Crippen LogP contribution in [0.1, 0.15) is 6.42 Å². The lowest BCUT2D eigenvalue weighted by Crippen LogP contribution is -2.46. The van der Waals surface area contributed by atoms with Crippen molar-refractivity contribution in [1.29, 1.82) is 0 Å². The number of nitrogens with one attached hydrogen (secondary N) is 1. The van der Waals surface area contributed by atoms with Gasteiger partial charge in [-0.2, -0.15) is 0 Å². The topological polar surface area (TPSA) is 47.0 Å². The lowest BCUT2D eigenvalue weighted by atomic mass is 10.1. The molecule has 4 heteroatoms. The predicted molar refractivity (Wildman–Crippen MR) is 43.9 cm³/mol. The highest BCUT2D eigenvalue weighted by atomic mass is 16.5. The maximum atomic E-state index is 5.42. The number of ether oxygens (including phenoxy) is 1. The van der Waals surface area contributed by atoms with Crippen molar-refractivity contribution in [3.05, 3.63) is 18.7 Å². The Kier molecular flexibility index (Phi) is 2.18. The van der Waals surface area contributed by atoms with Crippen LogP contribution >= 0.6 is 0 Å². The molecule has 0 spiro atoms. The van der Waals surface area contributed by atoms with Crippen LogP contribution in [-0.2, 0) is 0 Å². The van der Waals surface area contributed by atoms with E-state index in [1.165, 1.54) is 12.7 Å². The van der Waals surface area contributed by atoms with E-state index in [1.54, 1.807) is 12.4 Å². The van der Waals surface area contributed by atoms with Crippen LogP contribution in [0.3, 0.4) is 0 Å². The fraction of sp³-hybridized carbons (Fsp3) is 0.500. The van der Waals surface area contributed by atoms with Crippen LogP contribution in [0.4, 0.5) is 0 Å². The monoisotopic (exact) mass is 165 g/mol. The number of nitrogens with zero attached hydrogens (tertiary/aromatic N) is 2. The Hall–Kier alpha value is -1.16. The summed E-state index contributed by atoms with van der Waals surface area (Å²) in [6.07, 6.45) is 6.04. The van der Waals surface area contributed by atoms with Crippen molar-refractivity contribution in [3.63, 3.8) is 0 Å². The Morgan fingerprint density at radius 3 is 2.83 bits per heavy atom. The van der Waals surface area contributed by atoms with Crippen LogP contribution in [0.5, 0.6) is 5.75 Å². The second-order valence-corrected chi connectivity index (χ2v) is 2.82. The van der Waals surface area contributed by atoms with Gasteiger partial charge in [0.15, 0.2) is 5.75 Å². The highest BCUT2D eigenvalue weighted by molar-refractivity contribution is 5.10. The van der Waals surface area contributed by atoms with Crippen LogP contribution in [0.25, 0.3) is 0 Å². The summed E-state index contributed by atoms with van der Waals surface area (Å²) in [6, 6.07) is 0.519. The van der Waals surface area contributed by atoms with Crippen LogP contribution in [-0.4, -0.2) is 29.2 Å². The summed E-state index contributed by atoms with van der Waals surface area (Å²) in [4.78, 5) is 7.70. The predicted octanol–water partition coefficient (Wildman–Crippen LogP) is 0.217. The first-order valence-electron chi connectivity index (χ1n) is 4.06. The largest absolute Gasteiger partial charge is 0.489 e. The fourth-order valence-corrected chi connectivity index (χ4v) is 1.05. The van der Waals surface area contributed by atoms with Gasteiger partial charge in [-0.15, -0.1) is 0 Å². The lowest BCUT2D eigenvalue weighted by Gasteiger charge is -2.27. The molecule has 0 aromatic carbocycles. The average molecular weight is 165 g/mol. The van der Waals surface area contributed by atoms with Crippen molar-refractivity contribution in [2.75, 3.05) is 13.2 Å². The quantitative estimate of drug-likeness (QED) is 0.696. The fourth-order valence-electron chi connectivity index (χ4n) is 1.05. The molecule has 1 N–H and O–H groups in total. The van der Waals surface area contributed by atoms with E-state index in [4.69, 9.17) is 4.74 Å². The molecule has 2 heterocycles. The molecule has 1 aromatic rings. The number of aromatic nitrogens is 2. The first-order chi connectivity index (χ1) is 5.95. The van der Waals surface area contributed by atoms with E-state index in [-0.39, 0.29) is 0 Å². The molecule has 2 rings (SSSR count). The molecule has 1 aromatic heterocycles. The average Bonchev–Trinajstić information content (AvgIpc) is 2.04. The molecule has 4 nitrogen and oxygen atoms in total. The molecule has 0 radical (unpaired) electrons. The maximum absolute atomic E-state index is 5.42. The van der Waals surface area contributed by atoms with Crippen LogP contribution < -0.4 is 10.1 Å². The Morgan fingerprint density at radius 2 is 2.25 bits per heavy atom. The Labute approximate surface area is 71.0 Å². The Morgan fingerprint density at radius 1 is 1.50 bits per heavy atom. The molecule has 12 heavy (non-hydrogen) atoms. The lowest BCUT2D eigenvalue weighted by molar-refractivity contribution is 0.216. The number of rotatable bonds is 3. The van der Waals surface area contributed by atoms with Gasteiger partial charge in [0.25, 0.3) is 0 Å². The van der Waals surface area contributed by atoms with E-state index >= 15 is 0 Å². The zero-order valence-electron chi connectivity index (χ0n) is 6.73. The summed E-state index contributed by atoms with van der Waals surface area (Å²) in [5.41, 5.74) is 0. The van der Waals surface area contributed by atoms with E-state index in [1.807, 2.05) is 0 Å². The summed E-state index contributed by atoms with van der Waals surface area (Å²) in [5.74, 6) is 0.742. The summed E-state index contributed by atoms with van der Waals surface area (Å²) < 4.78 is 5.42. The van der Waals surface area contributed by atoms with Gasteiger partial charge in [0.2, 0.25) is 0 Å². The van der Waals surface area contributed by atoms with Gasteiger partial charge in [-0.1, -0.05) is 0 Å². The Balaban J connectivity index is 1.79. The Bertz CT molecular complexity index is 235. The molecule has 0 saturated carbocycles. The first kappa shape index (κ1) is 7.49. The zero-order valence-corrected chi connectivity index (χ0v) is 6.73. The van der Waals surface area contributed by atoms with Gasteiger partial charge < -0.3 is 10.1 Å². The van der Waals surface area contributed by atoms with E-state index in [2.05, 4.69) is 15.3 Å². The summed E-state index contributed by atoms with van der Waals surface area (Å²) in [5, 5.41) is 3.25. The van der Waals surface area contributed by atoms with Gasteiger partial charge in [0, 0.05) is 6.04 Å². The van der Waals surface area contributed by atoms with E-state index in [0.717, 1.165) is 12.3 Å². The molecule has 1 aliphatic rings. The van der Waals surface area contributed by atoms with E-state index < -0.39 is 0 Å². The normalized spacial score (nSPS) is 21.5. The molecule has 1 atom stereocenters. The van der Waals surface area contributed by atoms with Gasteiger partial charge >= 0.3 is 0 Å². The molecule has 64 valence electrons. The molecule has 1 fully saturated rings. The van der Waals surface area contributed by atoms with Crippen LogP contribution in [0.15, 0.2) is 18.7 Å². The SMILES string of the molecule is c1ncc(OC[C@@H]2CCN2)cn1. The molecular formula is C8H11N3O. The van der Waals surface area contributed by atoms with Crippen molar-refractivity contribution >= 4 is 0 Å². The second-order valence-electron chi connectivity index (χ2n) is 2.82. The summed E-state index contributed by atoms with van der Waals surface area (Å²) in [7, 11) is 0. The minimum absolute atomic E-state index is 0.519. The van der Waals surface area contributed by atoms with Gasteiger partial charge in [0.1, 0.15) is 12.9 Å². The number of hydrogen-bond donors (Lipinski definition) is 1. The van der Waals surface area contributed by atoms with Gasteiger partial charge in [0.05, 0.1) is 12.4 Å². The van der Waals surface area contributed by atoms with Crippen molar-refractivity contribution in [1.82, 2.24) is 15.3 Å². The third kappa shape index (κ3) is 1.71. The molecule has 1 saturated heterocycles. The van der Waals surface area contributed by atoms with Crippen LogP contribution in [0, 0.1) is 0 Å². The van der Waals surface area contributed by atoms with Gasteiger partial charge in [-0.25, -0.2) is 9.97 Å². The summed E-state index contributed by atoms with van der Waals surface area (Å²) in [6.45, 7) is 1.83. The third-order valence-electron chi connectivity index (χ3n) is 1.91. The van der Waals surface area contributed by atoms with Crippen molar-refractivity contribution in [3.8, 4) is 5.75 Å².